The highest BCUT2D eigenvalue weighted by Crippen LogP contribution is 2.27. The minimum absolute atomic E-state index is 0.0840. The molecule has 0 fully saturated rings. The second-order valence-electron chi connectivity index (χ2n) is 3.74. The van der Waals surface area contributed by atoms with Gasteiger partial charge in [-0.25, -0.2) is 9.97 Å². The summed E-state index contributed by atoms with van der Waals surface area (Å²) in [5, 5.41) is 3.89. The topological polar surface area (TPSA) is 42.9 Å². The van der Waals surface area contributed by atoms with Crippen LogP contribution in [0.15, 0.2) is 22.9 Å². The van der Waals surface area contributed by atoms with Crippen LogP contribution < -0.4 is 0 Å². The minimum Gasteiger partial charge on any atom is -0.286 e. The molecule has 3 heterocycles. The fourth-order valence-electron chi connectivity index (χ4n) is 1.70. The van der Waals surface area contributed by atoms with Gasteiger partial charge in [0.05, 0.1) is 15.1 Å². The first-order chi connectivity index (χ1) is 8.66. The fourth-order valence-corrected chi connectivity index (χ4v) is 3.56. The Morgan fingerprint density at radius 3 is 2.72 bits per heavy atom. The molecule has 0 aromatic carbocycles. The van der Waals surface area contributed by atoms with Crippen LogP contribution in [0, 0.1) is 6.92 Å². The summed E-state index contributed by atoms with van der Waals surface area (Å²) in [6, 6.07) is 3.76. The monoisotopic (exact) mass is 294 g/mol. The average Bonchev–Trinajstić information content (AvgIpc) is 2.95. The molecule has 0 saturated carbocycles. The molecule has 0 aliphatic rings. The van der Waals surface area contributed by atoms with Crippen LogP contribution in [0.2, 0.25) is 5.28 Å². The van der Waals surface area contributed by atoms with Crippen molar-refractivity contribution in [2.45, 2.75) is 6.92 Å². The van der Waals surface area contributed by atoms with Gasteiger partial charge in [-0.05, 0) is 47.0 Å². The molecule has 3 aromatic rings. The second-order valence-corrected chi connectivity index (χ2v) is 5.91. The maximum Gasteiger partial charge on any atom is 0.223 e. The van der Waals surface area contributed by atoms with Gasteiger partial charge in [0.1, 0.15) is 5.69 Å². The van der Waals surface area contributed by atoms with E-state index in [0.29, 0.717) is 10.6 Å². The average molecular weight is 295 g/mol. The van der Waals surface area contributed by atoms with E-state index in [2.05, 4.69) is 9.97 Å². The van der Waals surface area contributed by atoms with Crippen molar-refractivity contribution in [1.29, 1.82) is 0 Å². The van der Waals surface area contributed by atoms with Crippen molar-refractivity contribution in [1.82, 2.24) is 9.97 Å². The number of halogens is 1. The molecule has 0 aliphatic carbocycles. The lowest BCUT2D eigenvalue weighted by molar-refractivity contribution is 0.103. The largest absolute Gasteiger partial charge is 0.286 e. The van der Waals surface area contributed by atoms with Gasteiger partial charge in [-0.15, -0.1) is 22.7 Å². The van der Waals surface area contributed by atoms with Gasteiger partial charge in [-0.3, -0.25) is 4.79 Å². The highest BCUT2D eigenvalue weighted by Gasteiger charge is 2.19. The van der Waals surface area contributed by atoms with Crippen LogP contribution in [0.5, 0.6) is 0 Å². The number of aryl methyl sites for hydroxylation is 1. The fraction of sp³-hybridized carbons (Fsp3) is 0.0833. The molecule has 0 spiro atoms. The molecule has 0 saturated heterocycles. The molecule has 0 amide bonds. The van der Waals surface area contributed by atoms with Crippen LogP contribution in [0.1, 0.15) is 20.9 Å². The molecule has 0 aliphatic heterocycles. The van der Waals surface area contributed by atoms with E-state index >= 15 is 0 Å². The maximum atomic E-state index is 12.5. The van der Waals surface area contributed by atoms with Crippen LogP contribution in [-0.2, 0) is 0 Å². The first kappa shape index (κ1) is 11.8. The molecule has 6 heteroatoms. The van der Waals surface area contributed by atoms with Crippen molar-refractivity contribution in [2.75, 3.05) is 0 Å². The summed E-state index contributed by atoms with van der Waals surface area (Å²) in [4.78, 5) is 21.4. The molecular weight excluding hydrogens is 288 g/mol. The van der Waals surface area contributed by atoms with Crippen LogP contribution in [0.25, 0.3) is 10.2 Å². The third kappa shape index (κ3) is 1.84. The Morgan fingerprint density at radius 2 is 2.00 bits per heavy atom. The number of nitrogens with zero attached hydrogens (tertiary/aromatic N) is 2. The molecule has 0 radical (unpaired) electrons. The molecule has 0 unspecified atom stereocenters. The highest BCUT2D eigenvalue weighted by atomic mass is 35.5. The Morgan fingerprint density at radius 1 is 1.22 bits per heavy atom. The summed E-state index contributed by atoms with van der Waals surface area (Å²) >= 11 is 8.73. The van der Waals surface area contributed by atoms with E-state index in [1.165, 1.54) is 22.7 Å². The normalized spacial score (nSPS) is 11.0. The molecule has 0 atom stereocenters. The van der Waals surface area contributed by atoms with Crippen molar-refractivity contribution >= 4 is 50.3 Å². The van der Waals surface area contributed by atoms with Gasteiger partial charge in [0, 0.05) is 0 Å². The Kier molecular flexibility index (Phi) is 2.89. The van der Waals surface area contributed by atoms with Crippen molar-refractivity contribution < 1.29 is 4.79 Å². The van der Waals surface area contributed by atoms with Crippen LogP contribution in [0.4, 0.5) is 0 Å². The predicted octanol–water partition coefficient (Wildman–Crippen LogP) is 3.95. The zero-order valence-corrected chi connectivity index (χ0v) is 11.7. The van der Waals surface area contributed by atoms with E-state index in [1.54, 1.807) is 0 Å². The van der Waals surface area contributed by atoms with E-state index in [1.807, 2.05) is 29.8 Å². The number of carbonyl (C=O) groups excluding carboxylic acids is 1. The minimum atomic E-state index is -0.0840. The van der Waals surface area contributed by atoms with Gasteiger partial charge >= 0.3 is 0 Å². The number of hydrogen-bond acceptors (Lipinski definition) is 5. The lowest BCUT2D eigenvalue weighted by atomic mass is 10.1. The van der Waals surface area contributed by atoms with E-state index in [0.717, 1.165) is 15.8 Å². The van der Waals surface area contributed by atoms with E-state index in [9.17, 15) is 4.79 Å². The van der Waals surface area contributed by atoms with E-state index < -0.39 is 0 Å². The zero-order valence-electron chi connectivity index (χ0n) is 9.31. The maximum absolute atomic E-state index is 12.5. The quantitative estimate of drug-likeness (QED) is 0.531. The summed E-state index contributed by atoms with van der Waals surface area (Å²) in [7, 11) is 0. The van der Waals surface area contributed by atoms with Gasteiger partial charge in [0.15, 0.2) is 0 Å². The smallest absolute Gasteiger partial charge is 0.223 e. The van der Waals surface area contributed by atoms with Crippen LogP contribution >= 0.6 is 34.3 Å². The van der Waals surface area contributed by atoms with E-state index in [-0.39, 0.29) is 11.1 Å². The summed E-state index contributed by atoms with van der Waals surface area (Å²) in [6.45, 7) is 1.91. The molecule has 90 valence electrons. The standard InChI is InChI=1S/C12H7ClN2OS2/c1-6-2-4-17-10(6)9(16)8-11-7(3-5-18-11)14-12(13)15-8/h2-5H,1H3. The van der Waals surface area contributed by atoms with Gasteiger partial charge in [-0.2, -0.15) is 0 Å². The van der Waals surface area contributed by atoms with Crippen LogP contribution in [0.3, 0.4) is 0 Å². The molecule has 3 aromatic heterocycles. The molecule has 0 N–H and O–H groups in total. The molecule has 18 heavy (non-hydrogen) atoms. The Labute approximate surface area is 116 Å². The second kappa shape index (κ2) is 4.42. The van der Waals surface area contributed by atoms with Gasteiger partial charge in [-0.1, -0.05) is 0 Å². The predicted molar refractivity (Wildman–Crippen MR) is 74.9 cm³/mol. The van der Waals surface area contributed by atoms with Gasteiger partial charge in [0.2, 0.25) is 11.1 Å². The summed E-state index contributed by atoms with van der Waals surface area (Å²) in [5.41, 5.74) is 2.08. The molecular formula is C12H7ClN2OS2. The summed E-state index contributed by atoms with van der Waals surface area (Å²) in [5.74, 6) is -0.0840. The van der Waals surface area contributed by atoms with Crippen molar-refractivity contribution in [3.05, 3.63) is 44.3 Å². The zero-order chi connectivity index (χ0) is 12.7. The summed E-state index contributed by atoms with van der Waals surface area (Å²) in [6.07, 6.45) is 0. The Hall–Kier alpha value is -1.30. The van der Waals surface area contributed by atoms with Crippen molar-refractivity contribution in [3.8, 4) is 0 Å². The summed E-state index contributed by atoms with van der Waals surface area (Å²) < 4.78 is 0.789. The molecule has 0 bridgehead atoms. The SMILES string of the molecule is Cc1ccsc1C(=O)c1nc(Cl)nc2ccsc12. The number of rotatable bonds is 2. The third-order valence-electron chi connectivity index (χ3n) is 2.56. The third-order valence-corrected chi connectivity index (χ3v) is 4.65. The molecule has 3 rings (SSSR count). The van der Waals surface area contributed by atoms with Gasteiger partial charge < -0.3 is 0 Å². The van der Waals surface area contributed by atoms with Crippen LogP contribution in [-0.4, -0.2) is 15.8 Å². The van der Waals surface area contributed by atoms with E-state index in [4.69, 9.17) is 11.6 Å². The lowest BCUT2D eigenvalue weighted by Gasteiger charge is -2.01. The first-order valence-electron chi connectivity index (χ1n) is 5.16. The Bertz CT molecular complexity index is 747. The highest BCUT2D eigenvalue weighted by molar-refractivity contribution is 7.17. The van der Waals surface area contributed by atoms with Crippen molar-refractivity contribution in [2.24, 2.45) is 0 Å². The number of fused-ring (bicyclic) bond motifs is 1. The number of carbonyl (C=O) groups is 1. The van der Waals surface area contributed by atoms with Gasteiger partial charge in [0.25, 0.3) is 0 Å². The molecule has 3 nitrogen and oxygen atoms in total. The number of thiophene rings is 2. The lowest BCUT2D eigenvalue weighted by Crippen LogP contribution is -2.04. The number of aromatic nitrogens is 2. The van der Waals surface area contributed by atoms with Crippen molar-refractivity contribution in [3.63, 3.8) is 0 Å². The number of ketones is 1. The first-order valence-corrected chi connectivity index (χ1v) is 7.30. The number of hydrogen-bond donors (Lipinski definition) is 0. The Balaban J connectivity index is 2.23.